The Bertz CT molecular complexity index is 859. The summed E-state index contributed by atoms with van der Waals surface area (Å²) in [5, 5.41) is 2.88. The van der Waals surface area contributed by atoms with Crippen molar-refractivity contribution in [2.24, 2.45) is 0 Å². The number of carbonyl (C=O) groups excluding carboxylic acids is 3. The van der Waals surface area contributed by atoms with Crippen molar-refractivity contribution in [2.45, 2.75) is 19.3 Å². The molecule has 2 aromatic rings. The lowest BCUT2D eigenvalue weighted by Crippen LogP contribution is -2.24. The van der Waals surface area contributed by atoms with E-state index in [1.165, 1.54) is 4.90 Å². The highest BCUT2D eigenvalue weighted by molar-refractivity contribution is 6.05. The molecule has 0 spiro atoms. The minimum absolute atomic E-state index is 0.0312. The van der Waals surface area contributed by atoms with Gasteiger partial charge in [0.1, 0.15) is 0 Å². The first-order chi connectivity index (χ1) is 13.0. The van der Waals surface area contributed by atoms with Crippen molar-refractivity contribution in [3.63, 3.8) is 0 Å². The number of amides is 3. The summed E-state index contributed by atoms with van der Waals surface area (Å²) in [5.74, 6) is -0.165. The average Bonchev–Trinajstić information content (AvgIpc) is 3.09. The van der Waals surface area contributed by atoms with Gasteiger partial charge in [0.25, 0.3) is 5.91 Å². The second kappa shape index (κ2) is 8.03. The van der Waals surface area contributed by atoms with Crippen LogP contribution < -0.4 is 10.2 Å². The minimum atomic E-state index is -0.251. The number of para-hydroxylation sites is 1. The molecule has 0 atom stereocenters. The van der Waals surface area contributed by atoms with Crippen LogP contribution in [-0.2, 0) is 16.0 Å². The molecule has 1 aliphatic rings. The van der Waals surface area contributed by atoms with Crippen LogP contribution in [-0.4, -0.2) is 43.3 Å². The second-order valence-electron chi connectivity index (χ2n) is 6.77. The van der Waals surface area contributed by atoms with Crippen molar-refractivity contribution in [2.75, 3.05) is 30.9 Å². The predicted octanol–water partition coefficient (Wildman–Crippen LogP) is 2.70. The summed E-state index contributed by atoms with van der Waals surface area (Å²) in [6.07, 6.45) is 1.66. The van der Waals surface area contributed by atoms with E-state index in [-0.39, 0.29) is 24.1 Å². The average molecular weight is 365 g/mol. The van der Waals surface area contributed by atoms with Crippen molar-refractivity contribution < 1.29 is 14.4 Å². The van der Waals surface area contributed by atoms with Gasteiger partial charge in [0.2, 0.25) is 11.8 Å². The van der Waals surface area contributed by atoms with E-state index < -0.39 is 0 Å². The molecular formula is C21H23N3O3. The van der Waals surface area contributed by atoms with Crippen LogP contribution in [0.4, 0.5) is 11.4 Å². The molecule has 0 unspecified atom stereocenters. The monoisotopic (exact) mass is 365 g/mol. The predicted molar refractivity (Wildman–Crippen MR) is 105 cm³/mol. The molecule has 0 radical (unpaired) electrons. The summed E-state index contributed by atoms with van der Waals surface area (Å²) in [6, 6.07) is 14.3. The number of hydrogen-bond acceptors (Lipinski definition) is 3. The minimum Gasteiger partial charge on any atom is -0.349 e. The van der Waals surface area contributed by atoms with E-state index >= 15 is 0 Å². The van der Waals surface area contributed by atoms with Crippen LogP contribution in [0.3, 0.4) is 0 Å². The van der Waals surface area contributed by atoms with Crippen LogP contribution >= 0.6 is 0 Å². The fourth-order valence-electron chi connectivity index (χ4n) is 3.03. The maximum absolute atomic E-state index is 12.6. The number of nitrogens with zero attached hydrogens (tertiary/aromatic N) is 2. The van der Waals surface area contributed by atoms with E-state index in [0.717, 1.165) is 24.2 Å². The molecule has 0 bridgehead atoms. The summed E-state index contributed by atoms with van der Waals surface area (Å²) >= 11 is 0. The number of anilines is 2. The van der Waals surface area contributed by atoms with E-state index in [1.54, 1.807) is 49.3 Å². The van der Waals surface area contributed by atoms with Gasteiger partial charge in [-0.15, -0.1) is 0 Å². The van der Waals surface area contributed by atoms with Gasteiger partial charge in [-0.25, -0.2) is 0 Å². The molecule has 1 heterocycles. The molecule has 140 valence electrons. The molecule has 1 saturated heterocycles. The first kappa shape index (κ1) is 18.6. The van der Waals surface area contributed by atoms with Gasteiger partial charge in [-0.2, -0.15) is 0 Å². The fourth-order valence-corrected chi connectivity index (χ4v) is 3.03. The quantitative estimate of drug-likeness (QED) is 0.886. The van der Waals surface area contributed by atoms with E-state index in [0.29, 0.717) is 17.7 Å². The summed E-state index contributed by atoms with van der Waals surface area (Å²) in [4.78, 5) is 39.7. The topological polar surface area (TPSA) is 69.7 Å². The molecule has 6 nitrogen and oxygen atoms in total. The van der Waals surface area contributed by atoms with Gasteiger partial charge in [-0.05, 0) is 42.3 Å². The third-order valence-electron chi connectivity index (χ3n) is 4.62. The molecular weight excluding hydrogens is 342 g/mol. The summed E-state index contributed by atoms with van der Waals surface area (Å²) < 4.78 is 0. The highest BCUT2D eigenvalue weighted by Crippen LogP contribution is 2.22. The van der Waals surface area contributed by atoms with Crippen LogP contribution in [0, 0.1) is 0 Å². The number of benzene rings is 2. The normalized spacial score (nSPS) is 13.6. The Labute approximate surface area is 158 Å². The van der Waals surface area contributed by atoms with Crippen LogP contribution in [0.15, 0.2) is 48.5 Å². The van der Waals surface area contributed by atoms with Crippen molar-refractivity contribution in [1.29, 1.82) is 0 Å². The number of carbonyl (C=O) groups is 3. The number of likely N-dealkylation sites (N-methyl/N-ethyl adjacent to an activating group) is 1. The molecule has 3 rings (SSSR count). The van der Waals surface area contributed by atoms with Crippen molar-refractivity contribution in [1.82, 2.24) is 4.90 Å². The first-order valence-electron chi connectivity index (χ1n) is 8.95. The standard InChI is InChI=1S/C21H23N3O3/c1-23(2)20(26)14-16-6-3-4-7-18(16)22-21(27)15-9-11-17(12-10-15)24-13-5-8-19(24)25/h3-4,6-7,9-12H,5,8,13-14H2,1-2H3,(H,22,27). The Balaban J connectivity index is 1.72. The highest BCUT2D eigenvalue weighted by Gasteiger charge is 2.21. The zero-order valence-corrected chi connectivity index (χ0v) is 15.6. The smallest absolute Gasteiger partial charge is 0.255 e. The second-order valence-corrected chi connectivity index (χ2v) is 6.77. The fraction of sp³-hybridized carbons (Fsp3) is 0.286. The third-order valence-corrected chi connectivity index (χ3v) is 4.62. The van der Waals surface area contributed by atoms with E-state index in [2.05, 4.69) is 5.32 Å². The Kier molecular flexibility index (Phi) is 5.54. The molecule has 1 N–H and O–H groups in total. The molecule has 6 heteroatoms. The largest absolute Gasteiger partial charge is 0.349 e. The Hall–Kier alpha value is -3.15. The van der Waals surface area contributed by atoms with Crippen molar-refractivity contribution in [3.8, 4) is 0 Å². The van der Waals surface area contributed by atoms with Gasteiger partial charge in [0.05, 0.1) is 6.42 Å². The van der Waals surface area contributed by atoms with Crippen LogP contribution in [0.2, 0.25) is 0 Å². The maximum atomic E-state index is 12.6. The Morgan fingerprint density at radius 1 is 1.07 bits per heavy atom. The van der Waals surface area contributed by atoms with Crippen LogP contribution in [0.1, 0.15) is 28.8 Å². The zero-order valence-electron chi connectivity index (χ0n) is 15.6. The first-order valence-corrected chi connectivity index (χ1v) is 8.95. The third kappa shape index (κ3) is 4.34. The summed E-state index contributed by atoms with van der Waals surface area (Å²) in [7, 11) is 3.41. The molecule has 1 fully saturated rings. The van der Waals surface area contributed by atoms with Crippen LogP contribution in [0.25, 0.3) is 0 Å². The number of nitrogens with one attached hydrogen (secondary N) is 1. The number of rotatable bonds is 5. The molecule has 1 aliphatic heterocycles. The zero-order chi connectivity index (χ0) is 19.4. The van der Waals surface area contributed by atoms with Gasteiger partial charge >= 0.3 is 0 Å². The molecule has 0 saturated carbocycles. The van der Waals surface area contributed by atoms with Gasteiger partial charge in [-0.3, -0.25) is 14.4 Å². The lowest BCUT2D eigenvalue weighted by Gasteiger charge is -2.16. The highest BCUT2D eigenvalue weighted by atomic mass is 16.2. The molecule has 2 aromatic carbocycles. The molecule has 0 aromatic heterocycles. The lowest BCUT2D eigenvalue weighted by molar-refractivity contribution is -0.128. The van der Waals surface area contributed by atoms with Gasteiger partial charge in [0.15, 0.2) is 0 Å². The van der Waals surface area contributed by atoms with Gasteiger partial charge < -0.3 is 15.1 Å². The van der Waals surface area contributed by atoms with Crippen LogP contribution in [0.5, 0.6) is 0 Å². The van der Waals surface area contributed by atoms with Crippen molar-refractivity contribution >= 4 is 29.1 Å². The molecule has 0 aliphatic carbocycles. The van der Waals surface area contributed by atoms with E-state index in [9.17, 15) is 14.4 Å². The Morgan fingerprint density at radius 3 is 2.41 bits per heavy atom. The van der Waals surface area contributed by atoms with Gasteiger partial charge in [0, 0.05) is 44.0 Å². The SMILES string of the molecule is CN(C)C(=O)Cc1ccccc1NC(=O)c1ccc(N2CCCC2=O)cc1. The summed E-state index contributed by atoms with van der Waals surface area (Å²) in [6.45, 7) is 0.720. The molecule has 3 amide bonds. The van der Waals surface area contributed by atoms with E-state index in [1.807, 2.05) is 18.2 Å². The Morgan fingerprint density at radius 2 is 1.78 bits per heavy atom. The summed E-state index contributed by atoms with van der Waals surface area (Å²) in [5.41, 5.74) is 2.70. The van der Waals surface area contributed by atoms with Crippen molar-refractivity contribution in [3.05, 3.63) is 59.7 Å². The maximum Gasteiger partial charge on any atom is 0.255 e. The van der Waals surface area contributed by atoms with E-state index in [4.69, 9.17) is 0 Å². The molecule has 27 heavy (non-hydrogen) atoms. The number of hydrogen-bond donors (Lipinski definition) is 1. The van der Waals surface area contributed by atoms with Gasteiger partial charge in [-0.1, -0.05) is 18.2 Å². The lowest BCUT2D eigenvalue weighted by atomic mass is 10.1.